The quantitative estimate of drug-likeness (QED) is 0.772. The maximum absolute atomic E-state index is 12.2. The molecule has 21 heavy (non-hydrogen) atoms. The van der Waals surface area contributed by atoms with Crippen molar-refractivity contribution in [3.63, 3.8) is 0 Å². The van der Waals surface area contributed by atoms with E-state index in [1.54, 1.807) is 12.1 Å². The van der Waals surface area contributed by atoms with Gasteiger partial charge in [-0.15, -0.1) is 0 Å². The van der Waals surface area contributed by atoms with Crippen LogP contribution in [0.4, 0.5) is 5.69 Å². The van der Waals surface area contributed by atoms with E-state index in [1.807, 2.05) is 19.9 Å². The lowest BCUT2D eigenvalue weighted by atomic mass is 9.89. The Bertz CT molecular complexity index is 552. The average Bonchev–Trinajstić information content (AvgIpc) is 2.44. The van der Waals surface area contributed by atoms with Gasteiger partial charge >= 0.3 is 0 Å². The van der Waals surface area contributed by atoms with Crippen molar-refractivity contribution in [2.75, 3.05) is 18.5 Å². The molecule has 2 rings (SSSR count). The SMILES string of the molecule is CC(C)(CCO)CNC(=O)c1ccc2c(c1)CCC(=O)N2. The standard InChI is InChI=1S/C16H22N2O3/c1-16(2,7-8-19)10-17-15(21)12-3-5-13-11(9-12)4-6-14(20)18-13/h3,5,9,19H,4,6-8,10H2,1-2H3,(H,17,21)(H,18,20). The van der Waals surface area contributed by atoms with Gasteiger partial charge in [-0.2, -0.15) is 0 Å². The first-order valence-corrected chi connectivity index (χ1v) is 7.23. The molecule has 0 aliphatic carbocycles. The lowest BCUT2D eigenvalue weighted by Gasteiger charge is -2.24. The van der Waals surface area contributed by atoms with E-state index in [4.69, 9.17) is 5.11 Å². The first-order chi connectivity index (χ1) is 9.91. The lowest BCUT2D eigenvalue weighted by molar-refractivity contribution is -0.116. The summed E-state index contributed by atoms with van der Waals surface area (Å²) in [6.45, 7) is 4.64. The van der Waals surface area contributed by atoms with Crippen LogP contribution in [-0.4, -0.2) is 30.1 Å². The zero-order chi connectivity index (χ0) is 15.5. The Morgan fingerprint density at radius 1 is 1.38 bits per heavy atom. The maximum atomic E-state index is 12.2. The van der Waals surface area contributed by atoms with E-state index < -0.39 is 0 Å². The zero-order valence-electron chi connectivity index (χ0n) is 12.5. The van der Waals surface area contributed by atoms with Gasteiger partial charge in [-0.3, -0.25) is 9.59 Å². The van der Waals surface area contributed by atoms with Crippen LogP contribution in [0.3, 0.4) is 0 Å². The van der Waals surface area contributed by atoms with Crippen LogP contribution in [-0.2, 0) is 11.2 Å². The van der Waals surface area contributed by atoms with Crippen molar-refractivity contribution in [3.8, 4) is 0 Å². The molecule has 114 valence electrons. The van der Waals surface area contributed by atoms with Crippen molar-refractivity contribution in [1.29, 1.82) is 0 Å². The molecule has 0 fully saturated rings. The third-order valence-corrected chi connectivity index (χ3v) is 3.78. The highest BCUT2D eigenvalue weighted by Gasteiger charge is 2.20. The summed E-state index contributed by atoms with van der Waals surface area (Å²) in [5.74, 6) is -0.105. The molecule has 0 unspecified atom stereocenters. The number of nitrogens with one attached hydrogen (secondary N) is 2. The minimum absolute atomic E-state index is 0.0189. The smallest absolute Gasteiger partial charge is 0.251 e. The molecule has 5 nitrogen and oxygen atoms in total. The van der Waals surface area contributed by atoms with Crippen molar-refractivity contribution in [2.45, 2.75) is 33.1 Å². The predicted molar refractivity (Wildman–Crippen MR) is 81.2 cm³/mol. The average molecular weight is 290 g/mol. The van der Waals surface area contributed by atoms with Gasteiger partial charge in [0.2, 0.25) is 5.91 Å². The summed E-state index contributed by atoms with van der Waals surface area (Å²) < 4.78 is 0. The maximum Gasteiger partial charge on any atom is 0.251 e. The monoisotopic (exact) mass is 290 g/mol. The van der Waals surface area contributed by atoms with Crippen molar-refractivity contribution < 1.29 is 14.7 Å². The molecule has 5 heteroatoms. The van der Waals surface area contributed by atoms with Gasteiger partial charge in [-0.1, -0.05) is 13.8 Å². The number of carbonyl (C=O) groups excluding carboxylic acids is 2. The summed E-state index contributed by atoms with van der Waals surface area (Å²) in [5, 5.41) is 14.7. The van der Waals surface area contributed by atoms with Gasteiger partial charge in [-0.05, 0) is 42.0 Å². The van der Waals surface area contributed by atoms with Gasteiger partial charge in [0.25, 0.3) is 5.91 Å². The molecule has 1 heterocycles. The summed E-state index contributed by atoms with van der Waals surface area (Å²) in [7, 11) is 0. The van der Waals surface area contributed by atoms with E-state index in [1.165, 1.54) is 0 Å². The van der Waals surface area contributed by atoms with E-state index in [0.717, 1.165) is 11.3 Å². The molecule has 1 aromatic rings. The fraction of sp³-hybridized carbons (Fsp3) is 0.500. The second-order valence-electron chi connectivity index (χ2n) is 6.24. The topological polar surface area (TPSA) is 78.4 Å². The van der Waals surface area contributed by atoms with Crippen LogP contribution in [0.15, 0.2) is 18.2 Å². The van der Waals surface area contributed by atoms with E-state index >= 15 is 0 Å². The van der Waals surface area contributed by atoms with Crippen LogP contribution >= 0.6 is 0 Å². The highest BCUT2D eigenvalue weighted by molar-refractivity contribution is 5.97. The molecule has 1 aliphatic rings. The zero-order valence-corrected chi connectivity index (χ0v) is 12.5. The molecule has 2 amide bonds. The number of benzene rings is 1. The fourth-order valence-electron chi connectivity index (χ4n) is 2.34. The predicted octanol–water partition coefficient (Wildman–Crippen LogP) is 1.71. The Hall–Kier alpha value is -1.88. The fourth-order valence-corrected chi connectivity index (χ4v) is 2.34. The Labute approximate surface area is 124 Å². The number of carbonyl (C=O) groups is 2. The Morgan fingerprint density at radius 2 is 2.14 bits per heavy atom. The normalized spacial score (nSPS) is 14.3. The molecule has 0 spiro atoms. The van der Waals surface area contributed by atoms with Crippen molar-refractivity contribution in [1.82, 2.24) is 5.32 Å². The summed E-state index contributed by atoms with van der Waals surface area (Å²) in [5.41, 5.74) is 2.26. The third-order valence-electron chi connectivity index (χ3n) is 3.78. The van der Waals surface area contributed by atoms with Crippen LogP contribution in [0.2, 0.25) is 0 Å². The van der Waals surface area contributed by atoms with E-state index in [0.29, 0.717) is 31.4 Å². The van der Waals surface area contributed by atoms with Crippen molar-refractivity contribution in [2.24, 2.45) is 5.41 Å². The molecule has 1 aromatic carbocycles. The van der Waals surface area contributed by atoms with E-state index in [-0.39, 0.29) is 23.8 Å². The summed E-state index contributed by atoms with van der Waals surface area (Å²) >= 11 is 0. The molecular formula is C16H22N2O3. The first kappa shape index (κ1) is 15.5. The molecule has 0 bridgehead atoms. The van der Waals surface area contributed by atoms with Crippen LogP contribution in [0.1, 0.15) is 42.6 Å². The highest BCUT2D eigenvalue weighted by Crippen LogP contribution is 2.24. The van der Waals surface area contributed by atoms with Crippen LogP contribution < -0.4 is 10.6 Å². The van der Waals surface area contributed by atoms with E-state index in [2.05, 4.69) is 10.6 Å². The van der Waals surface area contributed by atoms with Gasteiger partial charge < -0.3 is 15.7 Å². The van der Waals surface area contributed by atoms with Crippen molar-refractivity contribution in [3.05, 3.63) is 29.3 Å². The van der Waals surface area contributed by atoms with Gasteiger partial charge in [0.05, 0.1) is 0 Å². The number of rotatable bonds is 5. The number of hydrogen-bond donors (Lipinski definition) is 3. The van der Waals surface area contributed by atoms with E-state index in [9.17, 15) is 9.59 Å². The van der Waals surface area contributed by atoms with Gasteiger partial charge in [-0.25, -0.2) is 0 Å². The number of amides is 2. The number of anilines is 1. The van der Waals surface area contributed by atoms with Gasteiger partial charge in [0.15, 0.2) is 0 Å². The molecule has 0 saturated carbocycles. The number of aryl methyl sites for hydroxylation is 1. The molecule has 0 aromatic heterocycles. The Morgan fingerprint density at radius 3 is 2.86 bits per heavy atom. The largest absolute Gasteiger partial charge is 0.396 e. The van der Waals surface area contributed by atoms with Gasteiger partial charge in [0, 0.05) is 30.8 Å². The molecule has 0 atom stereocenters. The molecule has 0 radical (unpaired) electrons. The van der Waals surface area contributed by atoms with Gasteiger partial charge in [0.1, 0.15) is 0 Å². The third kappa shape index (κ3) is 4.04. The first-order valence-electron chi connectivity index (χ1n) is 7.23. The Balaban J connectivity index is 2.02. The second kappa shape index (κ2) is 6.26. The molecule has 1 aliphatic heterocycles. The number of hydrogen-bond acceptors (Lipinski definition) is 3. The van der Waals surface area contributed by atoms with Crippen LogP contribution in [0.5, 0.6) is 0 Å². The molecule has 0 saturated heterocycles. The summed E-state index contributed by atoms with van der Waals surface area (Å²) in [4.78, 5) is 23.5. The number of aliphatic hydroxyl groups is 1. The minimum atomic E-state index is -0.132. The second-order valence-corrected chi connectivity index (χ2v) is 6.24. The number of aliphatic hydroxyl groups excluding tert-OH is 1. The minimum Gasteiger partial charge on any atom is -0.396 e. The van der Waals surface area contributed by atoms with Crippen molar-refractivity contribution >= 4 is 17.5 Å². The highest BCUT2D eigenvalue weighted by atomic mass is 16.3. The summed E-state index contributed by atoms with van der Waals surface area (Å²) in [6, 6.07) is 5.34. The number of fused-ring (bicyclic) bond motifs is 1. The lowest BCUT2D eigenvalue weighted by Crippen LogP contribution is -2.34. The Kier molecular flexibility index (Phi) is 4.63. The van der Waals surface area contributed by atoms with Crippen LogP contribution in [0.25, 0.3) is 0 Å². The summed E-state index contributed by atoms with van der Waals surface area (Å²) in [6.07, 6.45) is 1.77. The molecule has 3 N–H and O–H groups in total. The molecular weight excluding hydrogens is 268 g/mol. The van der Waals surface area contributed by atoms with Crippen LogP contribution in [0, 0.1) is 5.41 Å².